The first kappa shape index (κ1) is 12.3. The predicted molar refractivity (Wildman–Crippen MR) is 63.5 cm³/mol. The van der Waals surface area contributed by atoms with Crippen LogP contribution in [0.1, 0.15) is 13.8 Å². The number of nitrogens with zero attached hydrogens (tertiary/aromatic N) is 1. The molecule has 0 saturated carbocycles. The Morgan fingerprint density at radius 1 is 1.31 bits per heavy atom. The predicted octanol–water partition coefficient (Wildman–Crippen LogP) is 1.49. The largest absolute Gasteiger partial charge is 0.465 e. The van der Waals surface area contributed by atoms with Crippen molar-refractivity contribution in [2.45, 2.75) is 13.8 Å². The molecule has 0 radical (unpaired) electrons. The Bertz CT molecular complexity index is 342. The van der Waals surface area contributed by atoms with Crippen molar-refractivity contribution in [3.8, 4) is 0 Å². The Hall–Kier alpha value is -1.78. The normalized spacial score (nSPS) is 9.62. The second kappa shape index (κ2) is 6.66. The minimum absolute atomic E-state index is 0.158. The lowest BCUT2D eigenvalue weighted by molar-refractivity contribution is -0.140. The maximum Gasteiger partial charge on any atom is 0.325 e. The van der Waals surface area contributed by atoms with Gasteiger partial charge in [-0.3, -0.25) is 9.78 Å². The lowest BCUT2D eigenvalue weighted by Crippen LogP contribution is -2.16. The molecular formula is C11H17N3O2. The summed E-state index contributed by atoms with van der Waals surface area (Å²) in [5.41, 5.74) is 1.72. The molecule has 5 nitrogen and oxygen atoms in total. The maximum atomic E-state index is 11.1. The van der Waals surface area contributed by atoms with E-state index in [1.807, 2.05) is 13.0 Å². The standard InChI is InChI=1S/C11H17N3O2/c1-3-13-9-5-10(7-12-6-9)14-8-11(15)16-4-2/h5-7,13-14H,3-4,8H2,1-2H3. The van der Waals surface area contributed by atoms with Gasteiger partial charge in [0.2, 0.25) is 0 Å². The summed E-state index contributed by atoms with van der Waals surface area (Å²) in [6.07, 6.45) is 3.40. The van der Waals surface area contributed by atoms with Crippen molar-refractivity contribution in [1.29, 1.82) is 0 Å². The van der Waals surface area contributed by atoms with E-state index in [0.29, 0.717) is 6.61 Å². The van der Waals surface area contributed by atoms with Crippen LogP contribution in [0, 0.1) is 0 Å². The van der Waals surface area contributed by atoms with Crippen molar-refractivity contribution < 1.29 is 9.53 Å². The van der Waals surface area contributed by atoms with Gasteiger partial charge >= 0.3 is 5.97 Å². The zero-order valence-corrected chi connectivity index (χ0v) is 9.62. The second-order valence-electron chi connectivity index (χ2n) is 3.15. The fourth-order valence-electron chi connectivity index (χ4n) is 1.22. The molecule has 1 aromatic heterocycles. The number of rotatable bonds is 6. The van der Waals surface area contributed by atoms with Crippen molar-refractivity contribution >= 4 is 17.3 Å². The lowest BCUT2D eigenvalue weighted by Gasteiger charge is -2.07. The van der Waals surface area contributed by atoms with E-state index in [1.165, 1.54) is 0 Å². The number of carbonyl (C=O) groups is 1. The number of anilines is 2. The molecule has 0 bridgehead atoms. The molecule has 0 aromatic carbocycles. The van der Waals surface area contributed by atoms with Gasteiger partial charge in [0.1, 0.15) is 6.54 Å². The van der Waals surface area contributed by atoms with E-state index >= 15 is 0 Å². The van der Waals surface area contributed by atoms with Gasteiger partial charge in [-0.1, -0.05) is 0 Å². The van der Waals surface area contributed by atoms with Gasteiger partial charge in [-0.15, -0.1) is 0 Å². The summed E-state index contributed by atoms with van der Waals surface area (Å²) in [6.45, 7) is 5.19. The average molecular weight is 223 g/mol. The number of hydrogen-bond donors (Lipinski definition) is 2. The highest BCUT2D eigenvalue weighted by atomic mass is 16.5. The fraction of sp³-hybridized carbons (Fsp3) is 0.455. The van der Waals surface area contributed by atoms with Crippen LogP contribution >= 0.6 is 0 Å². The smallest absolute Gasteiger partial charge is 0.325 e. The van der Waals surface area contributed by atoms with Gasteiger partial charge in [-0.25, -0.2) is 0 Å². The molecule has 0 amide bonds. The molecule has 1 aromatic rings. The van der Waals surface area contributed by atoms with Gasteiger partial charge in [0.25, 0.3) is 0 Å². The number of nitrogens with one attached hydrogen (secondary N) is 2. The minimum atomic E-state index is -0.267. The topological polar surface area (TPSA) is 63.2 Å². The number of carbonyl (C=O) groups excluding carboxylic acids is 1. The lowest BCUT2D eigenvalue weighted by atomic mass is 10.3. The van der Waals surface area contributed by atoms with Crippen LogP contribution in [0.15, 0.2) is 18.5 Å². The Morgan fingerprint density at radius 3 is 2.62 bits per heavy atom. The number of pyridine rings is 1. The van der Waals surface area contributed by atoms with Crippen LogP contribution in [0.4, 0.5) is 11.4 Å². The van der Waals surface area contributed by atoms with E-state index in [1.54, 1.807) is 19.3 Å². The maximum absolute atomic E-state index is 11.1. The molecule has 1 rings (SSSR count). The van der Waals surface area contributed by atoms with E-state index in [2.05, 4.69) is 15.6 Å². The number of esters is 1. The summed E-state index contributed by atoms with van der Waals surface area (Å²) >= 11 is 0. The van der Waals surface area contributed by atoms with Crippen LogP contribution in [-0.2, 0) is 9.53 Å². The molecule has 1 heterocycles. The molecule has 0 saturated heterocycles. The average Bonchev–Trinajstić information content (AvgIpc) is 2.28. The third kappa shape index (κ3) is 4.16. The molecule has 5 heteroatoms. The van der Waals surface area contributed by atoms with Gasteiger partial charge in [-0.2, -0.15) is 0 Å². The Kier molecular flexibility index (Phi) is 5.11. The van der Waals surface area contributed by atoms with Gasteiger partial charge in [-0.05, 0) is 19.9 Å². The minimum Gasteiger partial charge on any atom is -0.465 e. The monoisotopic (exact) mass is 223 g/mol. The van der Waals surface area contributed by atoms with Crippen LogP contribution in [0.25, 0.3) is 0 Å². The summed E-state index contributed by atoms with van der Waals surface area (Å²) in [5.74, 6) is -0.267. The summed E-state index contributed by atoms with van der Waals surface area (Å²) in [7, 11) is 0. The molecule has 0 fully saturated rings. The molecule has 88 valence electrons. The van der Waals surface area contributed by atoms with Gasteiger partial charge in [0.15, 0.2) is 0 Å². The summed E-state index contributed by atoms with van der Waals surface area (Å²) in [5, 5.41) is 6.09. The number of aromatic nitrogens is 1. The van der Waals surface area contributed by atoms with Crippen molar-refractivity contribution in [1.82, 2.24) is 4.98 Å². The van der Waals surface area contributed by atoms with Crippen LogP contribution in [0.2, 0.25) is 0 Å². The Balaban J connectivity index is 2.47. The first-order valence-corrected chi connectivity index (χ1v) is 5.34. The van der Waals surface area contributed by atoms with Crippen LogP contribution in [0.5, 0.6) is 0 Å². The van der Waals surface area contributed by atoms with Crippen LogP contribution in [-0.4, -0.2) is 30.6 Å². The van der Waals surface area contributed by atoms with Gasteiger partial charge in [0.05, 0.1) is 30.4 Å². The highest BCUT2D eigenvalue weighted by Gasteiger charge is 2.01. The zero-order chi connectivity index (χ0) is 11.8. The van der Waals surface area contributed by atoms with Gasteiger partial charge < -0.3 is 15.4 Å². The zero-order valence-electron chi connectivity index (χ0n) is 9.62. The molecular weight excluding hydrogens is 206 g/mol. The van der Waals surface area contributed by atoms with E-state index in [9.17, 15) is 4.79 Å². The van der Waals surface area contributed by atoms with E-state index in [4.69, 9.17) is 4.74 Å². The molecule has 0 aliphatic carbocycles. The number of ether oxygens (including phenoxy) is 1. The summed E-state index contributed by atoms with van der Waals surface area (Å²) in [6, 6.07) is 1.90. The third-order valence-corrected chi connectivity index (χ3v) is 1.86. The van der Waals surface area contributed by atoms with Crippen LogP contribution in [0.3, 0.4) is 0 Å². The van der Waals surface area contributed by atoms with E-state index in [0.717, 1.165) is 17.9 Å². The number of hydrogen-bond acceptors (Lipinski definition) is 5. The summed E-state index contributed by atoms with van der Waals surface area (Å²) < 4.78 is 4.80. The quantitative estimate of drug-likeness (QED) is 0.715. The highest BCUT2D eigenvalue weighted by Crippen LogP contribution is 2.12. The summed E-state index contributed by atoms with van der Waals surface area (Å²) in [4.78, 5) is 15.2. The molecule has 0 aliphatic heterocycles. The SMILES string of the molecule is CCNc1cncc(NCC(=O)OCC)c1. The highest BCUT2D eigenvalue weighted by molar-refractivity contribution is 5.75. The molecule has 2 N–H and O–H groups in total. The van der Waals surface area contributed by atoms with Crippen molar-refractivity contribution in [3.05, 3.63) is 18.5 Å². The fourth-order valence-corrected chi connectivity index (χ4v) is 1.22. The molecule has 16 heavy (non-hydrogen) atoms. The van der Waals surface area contributed by atoms with E-state index < -0.39 is 0 Å². The van der Waals surface area contributed by atoms with Crippen molar-refractivity contribution in [2.75, 3.05) is 30.3 Å². The molecule has 0 atom stereocenters. The van der Waals surface area contributed by atoms with Gasteiger partial charge in [0, 0.05) is 6.54 Å². The Morgan fingerprint density at radius 2 is 2.00 bits per heavy atom. The van der Waals surface area contributed by atoms with E-state index in [-0.39, 0.29) is 12.5 Å². The van der Waals surface area contributed by atoms with Crippen molar-refractivity contribution in [2.24, 2.45) is 0 Å². The first-order chi connectivity index (χ1) is 7.76. The molecule has 0 aliphatic rings. The first-order valence-electron chi connectivity index (χ1n) is 5.34. The Labute approximate surface area is 95.2 Å². The third-order valence-electron chi connectivity index (χ3n) is 1.86. The van der Waals surface area contributed by atoms with Crippen molar-refractivity contribution in [3.63, 3.8) is 0 Å². The molecule has 0 unspecified atom stereocenters. The molecule has 0 spiro atoms. The van der Waals surface area contributed by atoms with Crippen LogP contribution < -0.4 is 10.6 Å². The second-order valence-corrected chi connectivity index (χ2v) is 3.15.